The summed E-state index contributed by atoms with van der Waals surface area (Å²) in [7, 11) is 0. The van der Waals surface area contributed by atoms with Gasteiger partial charge in [-0.1, -0.05) is 12.1 Å². The molecule has 0 bridgehead atoms. The first kappa shape index (κ1) is 14.0. The van der Waals surface area contributed by atoms with Crippen LogP contribution in [0.1, 0.15) is 31.3 Å². The van der Waals surface area contributed by atoms with E-state index in [1.54, 1.807) is 19.9 Å². The average molecular weight is 248 g/mol. The summed E-state index contributed by atoms with van der Waals surface area (Å²) in [6.07, 6.45) is -5.09. The highest BCUT2D eigenvalue weighted by Crippen LogP contribution is 2.31. The van der Waals surface area contributed by atoms with Crippen molar-refractivity contribution in [1.29, 1.82) is 0 Å². The van der Waals surface area contributed by atoms with Gasteiger partial charge in [-0.25, -0.2) is 0 Å². The lowest BCUT2D eigenvalue weighted by Gasteiger charge is -2.18. The van der Waals surface area contributed by atoms with Crippen LogP contribution in [0.25, 0.3) is 0 Å². The molecule has 0 radical (unpaired) electrons. The Hall–Kier alpha value is -1.07. The molecule has 0 spiro atoms. The molecule has 1 rings (SSSR count). The van der Waals surface area contributed by atoms with Gasteiger partial charge in [0.1, 0.15) is 0 Å². The number of halogens is 3. The number of benzene rings is 1. The average Bonchev–Trinajstić information content (AvgIpc) is 2.28. The smallest absolute Gasteiger partial charge is 0.349 e. The second-order valence-corrected chi connectivity index (χ2v) is 3.37. The minimum atomic E-state index is -4.35. The van der Waals surface area contributed by atoms with Crippen LogP contribution in [0.5, 0.6) is 0 Å². The molecule has 0 saturated carbocycles. The largest absolute Gasteiger partial charge is 0.416 e. The highest BCUT2D eigenvalue weighted by atomic mass is 19.4. The number of hydrogen-bond donors (Lipinski definition) is 0. The van der Waals surface area contributed by atoms with Crippen LogP contribution in [-0.4, -0.2) is 13.2 Å². The van der Waals surface area contributed by atoms with Gasteiger partial charge in [0.2, 0.25) is 0 Å². The summed E-state index contributed by atoms with van der Waals surface area (Å²) in [4.78, 5) is 0. The molecular weight excluding hydrogens is 233 g/mol. The van der Waals surface area contributed by atoms with Gasteiger partial charge in [-0.15, -0.1) is 0 Å². The fraction of sp³-hybridized carbons (Fsp3) is 0.500. The van der Waals surface area contributed by atoms with E-state index < -0.39 is 18.0 Å². The number of ether oxygens (including phenoxy) is 2. The van der Waals surface area contributed by atoms with Crippen LogP contribution in [0, 0.1) is 0 Å². The Morgan fingerprint density at radius 3 is 2.18 bits per heavy atom. The molecule has 2 nitrogen and oxygen atoms in total. The molecule has 0 amide bonds. The monoisotopic (exact) mass is 248 g/mol. The van der Waals surface area contributed by atoms with Crippen LogP contribution in [0.3, 0.4) is 0 Å². The highest BCUT2D eigenvalue weighted by Gasteiger charge is 2.31. The van der Waals surface area contributed by atoms with Crippen molar-refractivity contribution in [3.63, 3.8) is 0 Å². The highest BCUT2D eigenvalue weighted by molar-refractivity contribution is 5.26. The zero-order valence-corrected chi connectivity index (χ0v) is 9.75. The van der Waals surface area contributed by atoms with Crippen LogP contribution >= 0.6 is 0 Å². The predicted molar refractivity (Wildman–Crippen MR) is 57.4 cm³/mol. The summed E-state index contributed by atoms with van der Waals surface area (Å²) >= 11 is 0. The minimum absolute atomic E-state index is 0.376. The molecule has 0 atom stereocenters. The molecule has 17 heavy (non-hydrogen) atoms. The third-order valence-corrected chi connectivity index (χ3v) is 2.12. The molecule has 0 N–H and O–H groups in total. The van der Waals surface area contributed by atoms with Gasteiger partial charge in [0.25, 0.3) is 0 Å². The Labute approximate surface area is 98.3 Å². The molecule has 0 heterocycles. The molecule has 5 heteroatoms. The van der Waals surface area contributed by atoms with Gasteiger partial charge in [0.05, 0.1) is 5.56 Å². The predicted octanol–water partition coefficient (Wildman–Crippen LogP) is 3.78. The van der Waals surface area contributed by atoms with Gasteiger partial charge < -0.3 is 9.47 Å². The molecule has 0 fully saturated rings. The quantitative estimate of drug-likeness (QED) is 0.738. The van der Waals surface area contributed by atoms with Gasteiger partial charge >= 0.3 is 6.18 Å². The van der Waals surface area contributed by atoms with E-state index >= 15 is 0 Å². The molecular formula is C12H15F3O2. The molecule has 96 valence electrons. The molecule has 0 aliphatic rings. The van der Waals surface area contributed by atoms with Gasteiger partial charge in [-0.05, 0) is 26.0 Å². The normalized spacial score (nSPS) is 12.1. The Kier molecular flexibility index (Phi) is 4.96. The first-order valence-corrected chi connectivity index (χ1v) is 5.39. The first-order chi connectivity index (χ1) is 7.99. The topological polar surface area (TPSA) is 18.5 Å². The van der Waals surface area contributed by atoms with Crippen molar-refractivity contribution in [2.45, 2.75) is 26.3 Å². The van der Waals surface area contributed by atoms with E-state index in [1.807, 2.05) is 0 Å². The van der Waals surface area contributed by atoms with Gasteiger partial charge in [0, 0.05) is 18.8 Å². The van der Waals surface area contributed by atoms with E-state index in [0.717, 1.165) is 12.1 Å². The Morgan fingerprint density at radius 1 is 1.12 bits per heavy atom. The van der Waals surface area contributed by atoms with E-state index in [2.05, 4.69) is 0 Å². The lowest BCUT2D eigenvalue weighted by atomic mass is 10.1. The van der Waals surface area contributed by atoms with Gasteiger partial charge in [0.15, 0.2) is 6.29 Å². The van der Waals surface area contributed by atoms with Crippen molar-refractivity contribution in [3.05, 3.63) is 35.4 Å². The summed E-state index contributed by atoms with van der Waals surface area (Å²) in [5.41, 5.74) is -0.317. The maximum absolute atomic E-state index is 12.5. The van der Waals surface area contributed by atoms with E-state index in [1.165, 1.54) is 6.07 Å². The summed E-state index contributed by atoms with van der Waals surface area (Å²) in [6.45, 7) is 4.28. The molecule has 0 saturated heterocycles. The van der Waals surface area contributed by atoms with E-state index in [-0.39, 0.29) is 0 Å². The number of rotatable bonds is 5. The standard InChI is InChI=1S/C12H15F3O2/c1-3-16-11(17-4-2)9-6-5-7-10(8-9)12(13,14)15/h5-8,11H,3-4H2,1-2H3. The third-order valence-electron chi connectivity index (χ3n) is 2.12. The van der Waals surface area contributed by atoms with Crippen molar-refractivity contribution in [2.75, 3.05) is 13.2 Å². The van der Waals surface area contributed by atoms with Crippen molar-refractivity contribution in [1.82, 2.24) is 0 Å². The van der Waals surface area contributed by atoms with E-state index in [9.17, 15) is 13.2 Å². The summed E-state index contributed by atoms with van der Waals surface area (Å²) in [5.74, 6) is 0. The second kappa shape index (κ2) is 6.02. The van der Waals surface area contributed by atoms with Crippen LogP contribution in [0.2, 0.25) is 0 Å². The van der Waals surface area contributed by atoms with Crippen LogP contribution < -0.4 is 0 Å². The lowest BCUT2D eigenvalue weighted by Crippen LogP contribution is -2.11. The van der Waals surface area contributed by atoms with Crippen LogP contribution in [0.15, 0.2) is 24.3 Å². The SMILES string of the molecule is CCOC(OCC)c1cccc(C(F)(F)F)c1. The van der Waals surface area contributed by atoms with E-state index in [4.69, 9.17) is 9.47 Å². The van der Waals surface area contributed by atoms with Crippen molar-refractivity contribution >= 4 is 0 Å². The summed E-state index contributed by atoms with van der Waals surface area (Å²) < 4.78 is 48.1. The number of alkyl halides is 3. The molecule has 1 aromatic rings. The van der Waals surface area contributed by atoms with Crippen LogP contribution in [0.4, 0.5) is 13.2 Å². The summed E-state index contributed by atoms with van der Waals surface area (Å²) in [6, 6.07) is 4.99. The molecule has 0 aliphatic carbocycles. The van der Waals surface area contributed by atoms with Gasteiger partial charge in [-0.2, -0.15) is 13.2 Å². The molecule has 0 aromatic heterocycles. The molecule has 0 aliphatic heterocycles. The van der Waals surface area contributed by atoms with E-state index in [0.29, 0.717) is 18.8 Å². The maximum Gasteiger partial charge on any atom is 0.416 e. The Balaban J connectivity index is 2.95. The maximum atomic E-state index is 12.5. The fourth-order valence-corrected chi connectivity index (χ4v) is 1.40. The molecule has 1 aromatic carbocycles. The van der Waals surface area contributed by atoms with Crippen LogP contribution in [-0.2, 0) is 15.7 Å². The Bertz CT molecular complexity index is 344. The lowest BCUT2D eigenvalue weighted by molar-refractivity contribution is -0.143. The van der Waals surface area contributed by atoms with Gasteiger partial charge in [-0.3, -0.25) is 0 Å². The first-order valence-electron chi connectivity index (χ1n) is 5.39. The fourth-order valence-electron chi connectivity index (χ4n) is 1.40. The second-order valence-electron chi connectivity index (χ2n) is 3.37. The minimum Gasteiger partial charge on any atom is -0.349 e. The zero-order chi connectivity index (χ0) is 12.9. The number of hydrogen-bond acceptors (Lipinski definition) is 2. The summed E-state index contributed by atoms with van der Waals surface area (Å²) in [5, 5.41) is 0. The van der Waals surface area contributed by atoms with Crippen molar-refractivity contribution in [2.24, 2.45) is 0 Å². The van der Waals surface area contributed by atoms with Crippen molar-refractivity contribution in [3.8, 4) is 0 Å². The third kappa shape index (κ3) is 4.02. The Morgan fingerprint density at radius 2 is 1.71 bits per heavy atom. The zero-order valence-electron chi connectivity index (χ0n) is 9.75. The molecule has 0 unspecified atom stereocenters. The van der Waals surface area contributed by atoms with Crippen molar-refractivity contribution < 1.29 is 22.6 Å².